The number of β-amino-alcohol motifs (C(OH)–C–C–N with tert-alkyl or cyclic N) is 1. The first kappa shape index (κ1) is 22.8. The molecular weight excluding hydrogens is 483 g/mol. The summed E-state index contributed by atoms with van der Waals surface area (Å²) in [5.41, 5.74) is 1.96. The van der Waals surface area contributed by atoms with Gasteiger partial charge in [-0.3, -0.25) is 4.57 Å². The molecule has 9 heteroatoms. The number of aromatic nitrogens is 3. The molecule has 1 atom stereocenters. The lowest BCUT2D eigenvalue weighted by atomic mass is 9.97. The molecule has 1 spiro atoms. The molecule has 2 aliphatic rings. The van der Waals surface area contributed by atoms with E-state index in [4.69, 9.17) is 11.6 Å². The van der Waals surface area contributed by atoms with Gasteiger partial charge in [-0.2, -0.15) is 0 Å². The molecule has 1 aliphatic heterocycles. The Morgan fingerprint density at radius 3 is 2.42 bits per heavy atom. The number of hydrogen-bond donors (Lipinski definition) is 2. The van der Waals surface area contributed by atoms with Gasteiger partial charge in [-0.05, 0) is 60.4 Å². The summed E-state index contributed by atoms with van der Waals surface area (Å²) in [5, 5.41) is 21.9. The highest BCUT2D eigenvalue weighted by Crippen LogP contribution is 2.53. The van der Waals surface area contributed by atoms with E-state index in [1.54, 1.807) is 49.9 Å². The van der Waals surface area contributed by atoms with Crippen LogP contribution in [-0.4, -0.2) is 43.5 Å². The van der Waals surface area contributed by atoms with Gasteiger partial charge in [0.1, 0.15) is 17.4 Å². The number of benzene rings is 2. The van der Waals surface area contributed by atoms with Crippen molar-refractivity contribution >= 4 is 17.4 Å². The fraction of sp³-hybridized carbons (Fsp3) is 0.259. The van der Waals surface area contributed by atoms with Gasteiger partial charge in [0.05, 0.1) is 16.8 Å². The van der Waals surface area contributed by atoms with E-state index in [9.17, 15) is 19.4 Å². The SMILES string of the molecule is Cn1ccn(-c2ccc(-c3cc(F)cc(-c4ccnc(N5CC(O)C6(CC6)C5)c4)c3O)cc2Cl)c1=O. The van der Waals surface area contributed by atoms with Crippen LogP contribution >= 0.6 is 11.6 Å². The second-order valence-corrected chi connectivity index (χ2v) is 10.1. The van der Waals surface area contributed by atoms with Crippen LogP contribution < -0.4 is 10.6 Å². The van der Waals surface area contributed by atoms with Crippen LogP contribution in [0.3, 0.4) is 0 Å². The van der Waals surface area contributed by atoms with Gasteiger partial charge in [-0.15, -0.1) is 0 Å². The van der Waals surface area contributed by atoms with Crippen molar-refractivity contribution in [2.75, 3.05) is 18.0 Å². The topological polar surface area (TPSA) is 83.5 Å². The van der Waals surface area contributed by atoms with Crippen LogP contribution in [0.2, 0.25) is 5.02 Å². The van der Waals surface area contributed by atoms with E-state index in [1.807, 2.05) is 11.0 Å². The number of anilines is 1. The standard InChI is InChI=1S/C27H24ClFN4O3/c1-31-8-9-33(26(31)36)22-3-2-16(10-21(22)28)19-12-18(29)13-20(25(19)35)17-4-7-30-24(11-17)32-14-23(34)27(15-32)5-6-27/h2-4,7-13,23,34-35H,5-6,14-15H2,1H3. The molecule has 0 amide bonds. The number of halogens is 2. The Bertz CT molecular complexity index is 1560. The zero-order chi connectivity index (χ0) is 25.2. The molecule has 3 heterocycles. The third kappa shape index (κ3) is 3.68. The van der Waals surface area contributed by atoms with Crippen molar-refractivity contribution in [3.8, 4) is 33.7 Å². The van der Waals surface area contributed by atoms with Crippen LogP contribution in [0, 0.1) is 11.2 Å². The van der Waals surface area contributed by atoms with E-state index in [-0.39, 0.29) is 28.5 Å². The lowest BCUT2D eigenvalue weighted by molar-refractivity contribution is 0.136. The molecule has 0 bridgehead atoms. The fourth-order valence-electron chi connectivity index (χ4n) is 5.09. The van der Waals surface area contributed by atoms with Gasteiger partial charge in [-0.1, -0.05) is 17.7 Å². The van der Waals surface area contributed by atoms with Gasteiger partial charge in [0.2, 0.25) is 0 Å². The summed E-state index contributed by atoms with van der Waals surface area (Å²) >= 11 is 6.50. The lowest BCUT2D eigenvalue weighted by Crippen LogP contribution is -2.22. The Morgan fingerprint density at radius 2 is 1.81 bits per heavy atom. The first-order valence-corrected chi connectivity index (χ1v) is 12.1. The minimum Gasteiger partial charge on any atom is -0.507 e. The molecule has 2 N–H and O–H groups in total. The van der Waals surface area contributed by atoms with Crippen molar-refractivity contribution in [2.45, 2.75) is 18.9 Å². The highest BCUT2D eigenvalue weighted by Gasteiger charge is 2.54. The number of pyridine rings is 1. The van der Waals surface area contributed by atoms with E-state index in [2.05, 4.69) is 4.98 Å². The van der Waals surface area contributed by atoms with Crippen molar-refractivity contribution in [1.29, 1.82) is 0 Å². The number of aliphatic hydroxyl groups excluding tert-OH is 1. The van der Waals surface area contributed by atoms with Gasteiger partial charge in [0.15, 0.2) is 0 Å². The van der Waals surface area contributed by atoms with E-state index >= 15 is 0 Å². The molecular formula is C27H24ClFN4O3. The van der Waals surface area contributed by atoms with Crippen molar-refractivity contribution < 1.29 is 14.6 Å². The summed E-state index contributed by atoms with van der Waals surface area (Å²) < 4.78 is 17.6. The number of nitrogens with zero attached hydrogens (tertiary/aromatic N) is 4. The van der Waals surface area contributed by atoms with E-state index < -0.39 is 5.82 Å². The Labute approximate surface area is 211 Å². The second kappa shape index (κ2) is 8.21. The first-order valence-electron chi connectivity index (χ1n) is 11.7. The second-order valence-electron chi connectivity index (χ2n) is 9.74. The molecule has 2 aromatic carbocycles. The molecule has 6 rings (SSSR count). The number of aromatic hydroxyl groups is 1. The number of imidazole rings is 1. The van der Waals surface area contributed by atoms with Crippen LogP contribution in [-0.2, 0) is 7.05 Å². The fourth-order valence-corrected chi connectivity index (χ4v) is 5.37. The molecule has 2 aromatic heterocycles. The smallest absolute Gasteiger partial charge is 0.332 e. The zero-order valence-corrected chi connectivity index (χ0v) is 20.3. The maximum Gasteiger partial charge on any atom is 0.332 e. The third-order valence-corrected chi connectivity index (χ3v) is 7.72. The van der Waals surface area contributed by atoms with Crippen LogP contribution in [0.4, 0.5) is 10.2 Å². The minimum atomic E-state index is -0.510. The first-order chi connectivity index (χ1) is 17.3. The van der Waals surface area contributed by atoms with Crippen LogP contribution in [0.1, 0.15) is 12.8 Å². The molecule has 0 radical (unpaired) electrons. The minimum absolute atomic E-state index is 0.0256. The summed E-state index contributed by atoms with van der Waals surface area (Å²) in [5.74, 6) is 0.0831. The summed E-state index contributed by atoms with van der Waals surface area (Å²) in [6.07, 6.45) is 6.52. The van der Waals surface area contributed by atoms with Gasteiger partial charge < -0.3 is 19.7 Å². The highest BCUT2D eigenvalue weighted by molar-refractivity contribution is 6.32. The average Bonchev–Trinajstić information content (AvgIpc) is 3.48. The van der Waals surface area contributed by atoms with Crippen LogP contribution in [0.15, 0.2) is 65.8 Å². The molecule has 2 fully saturated rings. The normalized spacial score (nSPS) is 18.2. The summed E-state index contributed by atoms with van der Waals surface area (Å²) in [4.78, 5) is 18.8. The van der Waals surface area contributed by atoms with Crippen molar-refractivity contribution in [3.63, 3.8) is 0 Å². The molecule has 1 aliphatic carbocycles. The summed E-state index contributed by atoms with van der Waals surface area (Å²) in [6.45, 7) is 1.24. The molecule has 184 valence electrons. The largest absolute Gasteiger partial charge is 0.507 e. The summed E-state index contributed by atoms with van der Waals surface area (Å²) in [7, 11) is 1.65. The number of aliphatic hydroxyl groups is 1. The highest BCUT2D eigenvalue weighted by atomic mass is 35.5. The molecule has 1 saturated carbocycles. The maximum absolute atomic E-state index is 14.8. The monoisotopic (exact) mass is 506 g/mol. The van der Waals surface area contributed by atoms with Gasteiger partial charge in [0, 0.05) is 55.3 Å². The van der Waals surface area contributed by atoms with Crippen molar-refractivity contribution in [1.82, 2.24) is 14.1 Å². The number of hydrogen-bond acceptors (Lipinski definition) is 5. The Balaban J connectivity index is 1.37. The quantitative estimate of drug-likeness (QED) is 0.429. The van der Waals surface area contributed by atoms with E-state index in [1.165, 1.54) is 21.3 Å². The molecule has 36 heavy (non-hydrogen) atoms. The third-order valence-electron chi connectivity index (χ3n) is 7.42. The Morgan fingerprint density at radius 1 is 1.08 bits per heavy atom. The molecule has 4 aromatic rings. The van der Waals surface area contributed by atoms with Crippen LogP contribution in [0.25, 0.3) is 27.9 Å². The number of phenolic OH excluding ortho intramolecular Hbond substituents is 1. The maximum atomic E-state index is 14.8. The van der Waals surface area contributed by atoms with Crippen LogP contribution in [0.5, 0.6) is 5.75 Å². The molecule has 1 unspecified atom stereocenters. The van der Waals surface area contributed by atoms with Crippen molar-refractivity contribution in [3.05, 3.63) is 82.4 Å². The average molecular weight is 507 g/mol. The number of rotatable bonds is 4. The number of phenols is 1. The van der Waals surface area contributed by atoms with E-state index in [0.717, 1.165) is 19.4 Å². The Hall–Kier alpha value is -3.62. The molecule has 1 saturated heterocycles. The van der Waals surface area contributed by atoms with E-state index in [0.29, 0.717) is 39.8 Å². The Kier molecular flexibility index (Phi) is 5.21. The number of aryl methyl sites for hydroxylation is 1. The van der Waals surface area contributed by atoms with Crippen molar-refractivity contribution in [2.24, 2.45) is 12.5 Å². The zero-order valence-electron chi connectivity index (χ0n) is 19.5. The predicted molar refractivity (Wildman–Crippen MR) is 136 cm³/mol. The van der Waals surface area contributed by atoms with Gasteiger partial charge in [0.25, 0.3) is 0 Å². The molecule has 7 nitrogen and oxygen atoms in total. The predicted octanol–water partition coefficient (Wildman–Crippen LogP) is 4.36. The summed E-state index contributed by atoms with van der Waals surface area (Å²) in [6, 6.07) is 11.0. The van der Waals surface area contributed by atoms with Gasteiger partial charge in [-0.25, -0.2) is 14.2 Å². The lowest BCUT2D eigenvalue weighted by Gasteiger charge is -2.18. The van der Waals surface area contributed by atoms with Gasteiger partial charge >= 0.3 is 5.69 Å².